The van der Waals surface area contributed by atoms with E-state index in [2.05, 4.69) is 19.1 Å². The molecule has 166 valence electrons. The smallest absolute Gasteiger partial charge is 0.163 e. The minimum absolute atomic E-state index is 0.408. The van der Waals surface area contributed by atoms with Gasteiger partial charge < -0.3 is 29.7 Å². The van der Waals surface area contributed by atoms with E-state index in [1.165, 1.54) is 17.3 Å². The number of nitrogens with zero attached hydrogens (tertiary/aromatic N) is 1. The molecule has 0 bridgehead atoms. The Hall–Kier alpha value is -1.29. The van der Waals surface area contributed by atoms with Crippen LogP contribution in [0.4, 0.5) is 0 Å². The van der Waals surface area contributed by atoms with E-state index in [1.807, 2.05) is 12.1 Å². The average Bonchev–Trinajstić information content (AvgIpc) is 3.11. The van der Waals surface area contributed by atoms with Crippen LogP contribution in [0.5, 0.6) is 0 Å². The van der Waals surface area contributed by atoms with Gasteiger partial charge in [-0.3, -0.25) is 0 Å². The SMILES string of the molecule is CCc1ccc(Sc2cn([C@@H]3O[C@H](CO)[C@@H](O)[C@H](O)[C@H]3O)c3cc(Cl)cc(Cl)c23)cc1. The van der Waals surface area contributed by atoms with Crippen LogP contribution in [0.1, 0.15) is 18.7 Å². The highest BCUT2D eigenvalue weighted by Gasteiger charge is 2.44. The van der Waals surface area contributed by atoms with E-state index in [9.17, 15) is 20.4 Å². The van der Waals surface area contributed by atoms with Gasteiger partial charge in [-0.25, -0.2) is 0 Å². The van der Waals surface area contributed by atoms with Crippen molar-refractivity contribution in [2.45, 2.75) is 53.8 Å². The van der Waals surface area contributed by atoms with Crippen LogP contribution in [-0.4, -0.2) is 56.0 Å². The van der Waals surface area contributed by atoms with Crippen LogP contribution in [0.25, 0.3) is 10.9 Å². The second-order valence-electron chi connectivity index (χ2n) is 7.50. The molecule has 0 saturated carbocycles. The summed E-state index contributed by atoms with van der Waals surface area (Å²) in [6.45, 7) is 1.59. The molecular weight excluding hydrogens is 461 g/mol. The van der Waals surface area contributed by atoms with E-state index in [1.54, 1.807) is 22.9 Å². The Morgan fingerprint density at radius 2 is 1.74 bits per heavy atom. The number of aromatic nitrogens is 1. The first-order chi connectivity index (χ1) is 14.8. The summed E-state index contributed by atoms with van der Waals surface area (Å²) in [7, 11) is 0. The van der Waals surface area contributed by atoms with Crippen LogP contribution >= 0.6 is 35.0 Å². The highest BCUT2D eigenvalue weighted by molar-refractivity contribution is 7.99. The van der Waals surface area contributed by atoms with E-state index in [0.29, 0.717) is 15.6 Å². The Bertz CT molecular complexity index is 1070. The monoisotopic (exact) mass is 483 g/mol. The first-order valence-corrected chi connectivity index (χ1v) is 11.5. The molecule has 9 heteroatoms. The lowest BCUT2D eigenvalue weighted by Crippen LogP contribution is -2.56. The molecule has 0 aliphatic carbocycles. The highest BCUT2D eigenvalue weighted by atomic mass is 35.5. The summed E-state index contributed by atoms with van der Waals surface area (Å²) in [6.07, 6.45) is -3.69. The van der Waals surface area contributed by atoms with Gasteiger partial charge in [0.05, 0.1) is 17.1 Å². The van der Waals surface area contributed by atoms with Gasteiger partial charge >= 0.3 is 0 Å². The van der Waals surface area contributed by atoms with E-state index < -0.39 is 37.3 Å². The number of fused-ring (bicyclic) bond motifs is 1. The molecule has 1 aromatic heterocycles. The number of rotatable bonds is 5. The fourth-order valence-corrected chi connectivity index (χ4v) is 5.44. The molecular formula is C22H23Cl2NO5S. The molecule has 0 radical (unpaired) electrons. The zero-order valence-corrected chi connectivity index (χ0v) is 19.0. The van der Waals surface area contributed by atoms with Crippen LogP contribution in [0.3, 0.4) is 0 Å². The lowest BCUT2D eigenvalue weighted by atomic mass is 9.98. The van der Waals surface area contributed by atoms with E-state index >= 15 is 0 Å². The van der Waals surface area contributed by atoms with Gasteiger partial charge in [-0.1, -0.05) is 54.0 Å². The van der Waals surface area contributed by atoms with Gasteiger partial charge in [0, 0.05) is 26.4 Å². The Morgan fingerprint density at radius 1 is 1.03 bits per heavy atom. The predicted molar refractivity (Wildman–Crippen MR) is 121 cm³/mol. The maximum atomic E-state index is 10.6. The van der Waals surface area contributed by atoms with Crippen molar-refractivity contribution in [1.82, 2.24) is 4.57 Å². The van der Waals surface area contributed by atoms with Crippen molar-refractivity contribution in [3.05, 3.63) is 58.2 Å². The summed E-state index contributed by atoms with van der Waals surface area (Å²) in [5.74, 6) is 0. The van der Waals surface area contributed by atoms with Crippen molar-refractivity contribution in [1.29, 1.82) is 0 Å². The van der Waals surface area contributed by atoms with Gasteiger partial charge in [0.25, 0.3) is 0 Å². The molecule has 1 fully saturated rings. The third-order valence-electron chi connectivity index (χ3n) is 5.52. The van der Waals surface area contributed by atoms with Gasteiger partial charge in [-0.15, -0.1) is 0 Å². The first-order valence-electron chi connectivity index (χ1n) is 9.91. The number of hydrogen-bond donors (Lipinski definition) is 4. The molecule has 3 aromatic rings. The number of benzene rings is 2. The molecule has 31 heavy (non-hydrogen) atoms. The summed E-state index contributed by atoms with van der Waals surface area (Å²) in [5.41, 5.74) is 1.84. The lowest BCUT2D eigenvalue weighted by molar-refractivity contribution is -0.250. The van der Waals surface area contributed by atoms with Crippen LogP contribution in [0, 0.1) is 0 Å². The number of aliphatic hydroxyl groups excluding tert-OH is 4. The zero-order chi connectivity index (χ0) is 22.3. The fraction of sp³-hybridized carbons (Fsp3) is 0.364. The Labute approximate surface area is 194 Å². The number of aryl methyl sites for hydroxylation is 1. The molecule has 2 aromatic carbocycles. The summed E-state index contributed by atoms with van der Waals surface area (Å²) < 4.78 is 7.39. The zero-order valence-electron chi connectivity index (χ0n) is 16.7. The summed E-state index contributed by atoms with van der Waals surface area (Å²) in [4.78, 5) is 1.83. The number of hydrogen-bond acceptors (Lipinski definition) is 6. The molecule has 6 nitrogen and oxygen atoms in total. The average molecular weight is 484 g/mol. The molecule has 0 unspecified atom stereocenters. The molecule has 0 spiro atoms. The van der Waals surface area contributed by atoms with Crippen LogP contribution in [0.15, 0.2) is 52.4 Å². The van der Waals surface area contributed by atoms with Crippen molar-refractivity contribution in [3.8, 4) is 0 Å². The summed E-state index contributed by atoms with van der Waals surface area (Å²) >= 11 is 14.3. The molecule has 4 rings (SSSR count). The van der Waals surface area contributed by atoms with Crippen molar-refractivity contribution < 1.29 is 25.2 Å². The van der Waals surface area contributed by atoms with Gasteiger partial charge in [-0.05, 0) is 36.2 Å². The largest absolute Gasteiger partial charge is 0.394 e. The van der Waals surface area contributed by atoms with Crippen LogP contribution in [0.2, 0.25) is 10.0 Å². The lowest BCUT2D eigenvalue weighted by Gasteiger charge is -2.40. The van der Waals surface area contributed by atoms with E-state index in [-0.39, 0.29) is 0 Å². The third-order valence-corrected chi connectivity index (χ3v) is 7.07. The van der Waals surface area contributed by atoms with Crippen LogP contribution in [-0.2, 0) is 11.2 Å². The normalized spacial score (nSPS) is 26.5. The number of aliphatic hydroxyl groups is 4. The highest BCUT2D eigenvalue weighted by Crippen LogP contribution is 2.43. The van der Waals surface area contributed by atoms with Gasteiger partial charge in [0.15, 0.2) is 6.23 Å². The minimum atomic E-state index is -1.49. The predicted octanol–water partition coefficient (Wildman–Crippen LogP) is 3.63. The quantitative estimate of drug-likeness (QED) is 0.442. The number of halogens is 2. The topological polar surface area (TPSA) is 95.1 Å². The fourth-order valence-electron chi connectivity index (χ4n) is 3.79. The molecule has 2 heterocycles. The second kappa shape index (κ2) is 9.29. The van der Waals surface area contributed by atoms with Crippen molar-refractivity contribution in [2.75, 3.05) is 6.61 Å². The molecule has 1 saturated heterocycles. The summed E-state index contributed by atoms with van der Waals surface area (Å²) in [5, 5.41) is 42.1. The Balaban J connectivity index is 1.80. The Kier molecular flexibility index (Phi) is 6.86. The van der Waals surface area contributed by atoms with Gasteiger partial charge in [0.1, 0.15) is 24.4 Å². The molecule has 4 N–H and O–H groups in total. The van der Waals surface area contributed by atoms with E-state index in [4.69, 9.17) is 27.9 Å². The molecule has 1 aliphatic rings. The third kappa shape index (κ3) is 4.34. The van der Waals surface area contributed by atoms with Gasteiger partial charge in [-0.2, -0.15) is 0 Å². The van der Waals surface area contributed by atoms with Crippen molar-refractivity contribution in [3.63, 3.8) is 0 Å². The van der Waals surface area contributed by atoms with Gasteiger partial charge in [0.2, 0.25) is 0 Å². The summed E-state index contributed by atoms with van der Waals surface area (Å²) in [6, 6.07) is 11.5. The first kappa shape index (κ1) is 22.9. The standard InChI is InChI=1S/C22H23Cl2NO5S/c1-2-11-3-5-13(6-4-11)31-17-9-25(15-8-12(23)7-14(24)18(15)17)22-21(29)20(28)19(27)16(10-26)30-22/h3-9,16,19-22,26-29H,2,10H2,1H3/t16-,19-,20+,21-,22-/m1/s1. The molecule has 1 aliphatic heterocycles. The van der Waals surface area contributed by atoms with Crippen LogP contribution < -0.4 is 0 Å². The minimum Gasteiger partial charge on any atom is -0.394 e. The van der Waals surface area contributed by atoms with Crippen molar-refractivity contribution >= 4 is 45.9 Å². The number of ether oxygens (including phenoxy) is 1. The molecule has 5 atom stereocenters. The van der Waals surface area contributed by atoms with E-state index in [0.717, 1.165) is 21.6 Å². The van der Waals surface area contributed by atoms with Crippen molar-refractivity contribution in [2.24, 2.45) is 0 Å². The Morgan fingerprint density at radius 3 is 2.39 bits per heavy atom. The second-order valence-corrected chi connectivity index (χ2v) is 9.46. The maximum Gasteiger partial charge on any atom is 0.163 e. The maximum absolute atomic E-state index is 10.6. The molecule has 0 amide bonds.